The number of carbonyl (C=O) groups is 1. The van der Waals surface area contributed by atoms with E-state index in [9.17, 15) is 23.1 Å². The Morgan fingerprint density at radius 2 is 1.91 bits per heavy atom. The summed E-state index contributed by atoms with van der Waals surface area (Å²) in [5.41, 5.74) is -0.215. The first-order valence-corrected chi connectivity index (χ1v) is 7.71. The van der Waals surface area contributed by atoms with E-state index in [0.29, 0.717) is 18.5 Å². The van der Waals surface area contributed by atoms with Crippen molar-refractivity contribution in [2.45, 2.75) is 45.9 Å². The lowest BCUT2D eigenvalue weighted by molar-refractivity contribution is -0.137. The van der Waals surface area contributed by atoms with E-state index in [2.05, 4.69) is 5.32 Å². The highest BCUT2D eigenvalue weighted by Gasteiger charge is 2.30. The van der Waals surface area contributed by atoms with Gasteiger partial charge in [-0.1, -0.05) is 32.0 Å². The van der Waals surface area contributed by atoms with Gasteiger partial charge in [-0.25, -0.2) is 0 Å². The van der Waals surface area contributed by atoms with Crippen molar-refractivity contribution in [1.29, 1.82) is 0 Å². The van der Waals surface area contributed by atoms with Crippen molar-refractivity contribution in [2.24, 2.45) is 11.8 Å². The molecule has 2 N–H and O–H groups in total. The largest absolute Gasteiger partial charge is 0.416 e. The Morgan fingerprint density at radius 3 is 2.48 bits per heavy atom. The summed E-state index contributed by atoms with van der Waals surface area (Å²) >= 11 is 0. The lowest BCUT2D eigenvalue weighted by Crippen LogP contribution is -2.34. The highest BCUT2D eigenvalue weighted by Crippen LogP contribution is 2.30. The van der Waals surface area contributed by atoms with Gasteiger partial charge < -0.3 is 10.4 Å². The number of alkyl halides is 3. The molecule has 0 bridgehead atoms. The van der Waals surface area contributed by atoms with Crippen molar-refractivity contribution in [3.8, 4) is 0 Å². The molecule has 3 atom stereocenters. The highest BCUT2D eigenvalue weighted by atomic mass is 19.4. The number of amides is 1. The zero-order valence-corrected chi connectivity index (χ0v) is 13.7. The molecule has 0 heterocycles. The van der Waals surface area contributed by atoms with Gasteiger partial charge >= 0.3 is 6.18 Å². The average Bonchev–Trinajstić information content (AvgIpc) is 2.43. The Balaban J connectivity index is 2.55. The third-order valence-corrected chi connectivity index (χ3v) is 3.61. The second-order valence-electron chi connectivity index (χ2n) is 6.24. The van der Waals surface area contributed by atoms with Gasteiger partial charge in [-0.2, -0.15) is 13.2 Å². The number of hydrogen-bond donors (Lipinski definition) is 2. The van der Waals surface area contributed by atoms with Gasteiger partial charge in [0.25, 0.3) is 0 Å². The molecule has 0 aliphatic carbocycles. The number of rotatable bonds is 7. The van der Waals surface area contributed by atoms with Crippen LogP contribution < -0.4 is 5.32 Å². The van der Waals surface area contributed by atoms with Crippen LogP contribution in [-0.2, 0) is 17.4 Å². The summed E-state index contributed by atoms with van der Waals surface area (Å²) in [6.45, 7) is 5.74. The Kier molecular flexibility index (Phi) is 7.06. The van der Waals surface area contributed by atoms with Crippen LogP contribution in [0.4, 0.5) is 13.2 Å². The van der Waals surface area contributed by atoms with E-state index in [1.165, 1.54) is 6.07 Å². The number of aliphatic hydroxyl groups is 1. The summed E-state index contributed by atoms with van der Waals surface area (Å²) in [5, 5.41) is 12.1. The van der Waals surface area contributed by atoms with E-state index in [0.717, 1.165) is 12.1 Å². The van der Waals surface area contributed by atoms with Crippen molar-refractivity contribution in [2.75, 3.05) is 6.54 Å². The number of nitrogens with one attached hydrogen (secondary N) is 1. The fraction of sp³-hybridized carbons (Fsp3) is 0.588. The number of aliphatic hydroxyl groups excluding tert-OH is 1. The molecule has 1 aromatic rings. The van der Waals surface area contributed by atoms with Gasteiger partial charge in [0.05, 0.1) is 11.7 Å². The normalized spacial score (nSPS) is 15.8. The van der Waals surface area contributed by atoms with E-state index in [-0.39, 0.29) is 18.2 Å². The molecule has 0 saturated heterocycles. The minimum atomic E-state index is -4.38. The maximum atomic E-state index is 12.7. The molecule has 23 heavy (non-hydrogen) atoms. The molecular formula is C17H24F3NO2. The fourth-order valence-electron chi connectivity index (χ4n) is 2.44. The first-order chi connectivity index (χ1) is 10.6. The Labute approximate surface area is 134 Å². The summed E-state index contributed by atoms with van der Waals surface area (Å²) in [5.74, 6) is -0.475. The predicted molar refractivity (Wildman–Crippen MR) is 82.8 cm³/mol. The summed E-state index contributed by atoms with van der Waals surface area (Å²) in [4.78, 5) is 12.0. The minimum absolute atomic E-state index is 0.139. The van der Waals surface area contributed by atoms with Crippen molar-refractivity contribution >= 4 is 5.91 Å². The van der Waals surface area contributed by atoms with Crippen LogP contribution in [-0.4, -0.2) is 23.7 Å². The predicted octanol–water partition coefficient (Wildman–Crippen LogP) is 3.41. The van der Waals surface area contributed by atoms with Gasteiger partial charge in [0.1, 0.15) is 0 Å². The molecule has 3 unspecified atom stereocenters. The van der Waals surface area contributed by atoms with E-state index < -0.39 is 23.8 Å². The zero-order valence-electron chi connectivity index (χ0n) is 13.7. The quantitative estimate of drug-likeness (QED) is 0.804. The number of halogens is 3. The van der Waals surface area contributed by atoms with Crippen LogP contribution in [0.15, 0.2) is 24.3 Å². The first kappa shape index (κ1) is 19.5. The third-order valence-electron chi connectivity index (χ3n) is 3.61. The van der Waals surface area contributed by atoms with Crippen LogP contribution in [0.5, 0.6) is 0 Å². The lowest BCUT2D eigenvalue weighted by Gasteiger charge is -2.17. The van der Waals surface area contributed by atoms with Gasteiger partial charge in [0, 0.05) is 12.5 Å². The summed E-state index contributed by atoms with van der Waals surface area (Å²) < 4.78 is 38.0. The molecule has 1 aromatic carbocycles. The molecule has 0 aliphatic rings. The number of carbonyl (C=O) groups excluding carboxylic acids is 1. The van der Waals surface area contributed by atoms with Gasteiger partial charge in [-0.15, -0.1) is 0 Å². The van der Waals surface area contributed by atoms with Crippen molar-refractivity contribution in [3.05, 3.63) is 35.4 Å². The second kappa shape index (κ2) is 8.34. The van der Waals surface area contributed by atoms with E-state index in [1.54, 1.807) is 19.9 Å². The van der Waals surface area contributed by atoms with Gasteiger partial charge in [0.2, 0.25) is 5.91 Å². The van der Waals surface area contributed by atoms with Crippen LogP contribution in [0.2, 0.25) is 0 Å². The third kappa shape index (κ3) is 7.03. The second-order valence-corrected chi connectivity index (χ2v) is 6.24. The van der Waals surface area contributed by atoms with E-state index in [1.807, 2.05) is 6.92 Å². The first-order valence-electron chi connectivity index (χ1n) is 7.71. The van der Waals surface area contributed by atoms with Crippen LogP contribution in [0.1, 0.15) is 38.3 Å². The molecule has 1 amide bonds. The van der Waals surface area contributed by atoms with Crippen molar-refractivity contribution in [3.63, 3.8) is 0 Å². The van der Waals surface area contributed by atoms with Gasteiger partial charge in [-0.3, -0.25) is 4.79 Å². The Hall–Kier alpha value is -1.56. The maximum absolute atomic E-state index is 12.7. The highest BCUT2D eigenvalue weighted by molar-refractivity contribution is 5.78. The fourth-order valence-corrected chi connectivity index (χ4v) is 2.44. The van der Waals surface area contributed by atoms with Gasteiger partial charge in [0.15, 0.2) is 0 Å². The smallest absolute Gasteiger partial charge is 0.393 e. The lowest BCUT2D eigenvalue weighted by atomic mass is 9.98. The summed E-state index contributed by atoms with van der Waals surface area (Å²) in [6.07, 6.45) is -3.97. The summed E-state index contributed by atoms with van der Waals surface area (Å²) in [6, 6.07) is 5.05. The molecule has 130 valence electrons. The van der Waals surface area contributed by atoms with E-state index in [4.69, 9.17) is 0 Å². The van der Waals surface area contributed by atoms with Gasteiger partial charge in [-0.05, 0) is 37.3 Å². The summed E-state index contributed by atoms with van der Waals surface area (Å²) in [7, 11) is 0. The molecule has 1 rings (SSSR count). The molecule has 0 aliphatic heterocycles. The molecular weight excluding hydrogens is 307 g/mol. The van der Waals surface area contributed by atoms with Crippen molar-refractivity contribution in [1.82, 2.24) is 5.32 Å². The number of hydrogen-bond acceptors (Lipinski definition) is 2. The van der Waals surface area contributed by atoms with Crippen molar-refractivity contribution < 1.29 is 23.1 Å². The van der Waals surface area contributed by atoms with Crippen LogP contribution in [0.3, 0.4) is 0 Å². The molecule has 0 spiro atoms. The SMILES string of the molecule is CC(O)CC(C)CNC(=O)C(C)Cc1cccc(C(F)(F)F)c1. The minimum Gasteiger partial charge on any atom is -0.393 e. The van der Waals surface area contributed by atoms with E-state index >= 15 is 0 Å². The number of benzene rings is 1. The molecule has 0 radical (unpaired) electrons. The average molecular weight is 331 g/mol. The zero-order chi connectivity index (χ0) is 17.6. The monoisotopic (exact) mass is 331 g/mol. The standard InChI is InChI=1S/C17H24F3NO2/c1-11(7-13(3)22)10-21-16(23)12(2)8-14-5-4-6-15(9-14)17(18,19)20/h4-6,9,11-13,22H,7-8,10H2,1-3H3,(H,21,23). The van der Waals surface area contributed by atoms with Crippen LogP contribution >= 0.6 is 0 Å². The topological polar surface area (TPSA) is 49.3 Å². The molecule has 0 saturated carbocycles. The van der Waals surface area contributed by atoms with Crippen LogP contribution in [0.25, 0.3) is 0 Å². The molecule has 3 nitrogen and oxygen atoms in total. The molecule has 0 fully saturated rings. The molecule has 6 heteroatoms. The molecule has 0 aromatic heterocycles. The van der Waals surface area contributed by atoms with Crippen LogP contribution in [0, 0.1) is 11.8 Å². The Bertz CT molecular complexity index is 515. The Morgan fingerprint density at radius 1 is 1.26 bits per heavy atom. The maximum Gasteiger partial charge on any atom is 0.416 e.